The maximum absolute atomic E-state index is 11.3. The predicted octanol–water partition coefficient (Wildman–Crippen LogP) is -0.802. The van der Waals surface area contributed by atoms with Crippen LogP contribution in [0, 0.1) is 0 Å². The second-order valence-electron chi connectivity index (χ2n) is 2.98. The van der Waals surface area contributed by atoms with Gasteiger partial charge in [-0.15, -0.1) is 0 Å². The Balaban J connectivity index is 2.34. The maximum atomic E-state index is 11.3. The number of carbonyl (C=O) groups excluding carboxylic acids is 1. The first-order valence-electron chi connectivity index (χ1n) is 4.10. The Bertz CT molecular complexity index is 185. The second-order valence-corrected chi connectivity index (χ2v) is 2.98. The van der Waals surface area contributed by atoms with Crippen molar-refractivity contribution < 1.29 is 4.79 Å². The lowest BCUT2D eigenvalue weighted by molar-refractivity contribution is -0.122. The van der Waals surface area contributed by atoms with Crippen molar-refractivity contribution in [2.75, 3.05) is 19.6 Å². The van der Waals surface area contributed by atoms with Crippen molar-refractivity contribution in [1.29, 1.82) is 0 Å². The first kappa shape index (κ1) is 9.22. The van der Waals surface area contributed by atoms with Crippen molar-refractivity contribution in [2.24, 2.45) is 0 Å². The van der Waals surface area contributed by atoms with Crippen molar-refractivity contribution >= 4 is 5.91 Å². The molecule has 1 unspecified atom stereocenters. The van der Waals surface area contributed by atoms with E-state index >= 15 is 0 Å². The molecule has 1 saturated heterocycles. The summed E-state index contributed by atoms with van der Waals surface area (Å²) in [4.78, 5) is 11.3. The molecule has 1 rings (SSSR count). The van der Waals surface area contributed by atoms with Gasteiger partial charge in [0.05, 0.1) is 6.04 Å². The van der Waals surface area contributed by atoms with E-state index in [-0.39, 0.29) is 11.9 Å². The topological polar surface area (TPSA) is 53.2 Å². The number of hydrogen-bond donors (Lipinski definition) is 3. The van der Waals surface area contributed by atoms with Gasteiger partial charge in [0, 0.05) is 25.3 Å². The van der Waals surface area contributed by atoms with Crippen LogP contribution in [-0.2, 0) is 4.79 Å². The van der Waals surface area contributed by atoms with Gasteiger partial charge in [-0.2, -0.15) is 0 Å². The lowest BCUT2D eigenvalue weighted by Gasteiger charge is -2.23. The molecule has 1 amide bonds. The van der Waals surface area contributed by atoms with Crippen LogP contribution in [0.25, 0.3) is 0 Å². The summed E-state index contributed by atoms with van der Waals surface area (Å²) in [5.74, 6) is -0.00491. The smallest absolute Gasteiger partial charge is 0.242 e. The normalized spacial score (nSPS) is 23.2. The zero-order chi connectivity index (χ0) is 8.97. The van der Waals surface area contributed by atoms with Crippen LogP contribution in [0.3, 0.4) is 0 Å². The summed E-state index contributed by atoms with van der Waals surface area (Å²) in [5.41, 5.74) is 0.687. The highest BCUT2D eigenvalue weighted by Crippen LogP contribution is 1.89. The Hall–Kier alpha value is -0.870. The van der Waals surface area contributed by atoms with Crippen LogP contribution in [0.2, 0.25) is 0 Å². The van der Waals surface area contributed by atoms with Gasteiger partial charge in [0.15, 0.2) is 0 Å². The molecule has 0 bridgehead atoms. The minimum atomic E-state index is -0.115. The molecule has 0 aromatic heterocycles. The molecule has 4 heteroatoms. The third kappa shape index (κ3) is 2.64. The molecule has 12 heavy (non-hydrogen) atoms. The molecule has 0 aliphatic carbocycles. The van der Waals surface area contributed by atoms with E-state index in [9.17, 15) is 4.79 Å². The van der Waals surface area contributed by atoms with Crippen LogP contribution in [0.15, 0.2) is 12.3 Å². The fraction of sp³-hybridized carbons (Fsp3) is 0.625. The molecule has 1 aliphatic heterocycles. The number of piperazine rings is 1. The average molecular weight is 169 g/mol. The Morgan fingerprint density at radius 3 is 2.83 bits per heavy atom. The first-order chi connectivity index (χ1) is 5.70. The summed E-state index contributed by atoms with van der Waals surface area (Å²) in [6, 6.07) is -0.115. The molecule has 1 aliphatic rings. The molecular weight excluding hydrogens is 154 g/mol. The maximum Gasteiger partial charge on any atom is 0.242 e. The quantitative estimate of drug-likeness (QED) is 0.507. The highest BCUT2D eigenvalue weighted by molar-refractivity contribution is 5.83. The van der Waals surface area contributed by atoms with E-state index in [4.69, 9.17) is 0 Å². The number of amides is 1. The number of hydrogen-bond acceptors (Lipinski definition) is 3. The number of allylic oxidation sites excluding steroid dienone is 1. The number of rotatable bonds is 2. The van der Waals surface area contributed by atoms with Crippen molar-refractivity contribution in [3.05, 3.63) is 12.3 Å². The van der Waals surface area contributed by atoms with E-state index in [1.54, 1.807) is 6.92 Å². The number of nitrogens with one attached hydrogen (secondary N) is 3. The summed E-state index contributed by atoms with van der Waals surface area (Å²) in [7, 11) is 0. The van der Waals surface area contributed by atoms with Gasteiger partial charge in [-0.1, -0.05) is 6.58 Å². The van der Waals surface area contributed by atoms with Gasteiger partial charge < -0.3 is 16.0 Å². The zero-order valence-corrected chi connectivity index (χ0v) is 7.31. The van der Waals surface area contributed by atoms with Gasteiger partial charge in [-0.25, -0.2) is 0 Å². The summed E-state index contributed by atoms with van der Waals surface area (Å²) in [5, 5.41) is 8.92. The molecule has 0 radical (unpaired) electrons. The van der Waals surface area contributed by atoms with E-state index in [1.165, 1.54) is 0 Å². The molecule has 4 nitrogen and oxygen atoms in total. The summed E-state index contributed by atoms with van der Waals surface area (Å²) < 4.78 is 0. The number of carbonyl (C=O) groups is 1. The van der Waals surface area contributed by atoms with Crippen molar-refractivity contribution in [2.45, 2.75) is 13.0 Å². The second kappa shape index (κ2) is 4.23. The standard InChI is InChI=1S/C8H15N3O/c1-6(2)11-8(12)7-5-9-3-4-10-7/h7,9-10H,1,3-5H2,2H3,(H,11,12). The molecule has 1 atom stereocenters. The van der Waals surface area contributed by atoms with Gasteiger partial charge in [-0.3, -0.25) is 4.79 Å². The van der Waals surface area contributed by atoms with E-state index in [0.717, 1.165) is 13.1 Å². The lowest BCUT2D eigenvalue weighted by Crippen LogP contribution is -2.55. The third-order valence-electron chi connectivity index (χ3n) is 1.69. The molecule has 1 fully saturated rings. The van der Waals surface area contributed by atoms with Crippen LogP contribution >= 0.6 is 0 Å². The molecule has 3 N–H and O–H groups in total. The van der Waals surface area contributed by atoms with Crippen LogP contribution in [-0.4, -0.2) is 31.6 Å². The van der Waals surface area contributed by atoms with Crippen molar-refractivity contribution in [3.8, 4) is 0 Å². The highest BCUT2D eigenvalue weighted by Gasteiger charge is 2.19. The summed E-state index contributed by atoms with van der Waals surface area (Å²) >= 11 is 0. The monoisotopic (exact) mass is 169 g/mol. The lowest BCUT2D eigenvalue weighted by atomic mass is 10.2. The van der Waals surface area contributed by atoms with Crippen molar-refractivity contribution in [1.82, 2.24) is 16.0 Å². The van der Waals surface area contributed by atoms with Crippen LogP contribution < -0.4 is 16.0 Å². The fourth-order valence-electron chi connectivity index (χ4n) is 1.14. The molecule has 68 valence electrons. The first-order valence-corrected chi connectivity index (χ1v) is 4.10. The molecule has 1 heterocycles. The van der Waals surface area contributed by atoms with Crippen LogP contribution in [0.5, 0.6) is 0 Å². The molecule has 0 aromatic rings. The van der Waals surface area contributed by atoms with Gasteiger partial charge in [0.25, 0.3) is 0 Å². The third-order valence-corrected chi connectivity index (χ3v) is 1.69. The fourth-order valence-corrected chi connectivity index (χ4v) is 1.14. The molecule has 0 aromatic carbocycles. The largest absolute Gasteiger partial charge is 0.329 e. The Morgan fingerprint density at radius 1 is 1.58 bits per heavy atom. The summed E-state index contributed by atoms with van der Waals surface area (Å²) in [6.45, 7) is 7.84. The predicted molar refractivity (Wildman–Crippen MR) is 47.6 cm³/mol. The Labute approximate surface area is 72.4 Å². The highest BCUT2D eigenvalue weighted by atomic mass is 16.2. The Morgan fingerprint density at radius 2 is 2.33 bits per heavy atom. The van der Waals surface area contributed by atoms with E-state index in [0.29, 0.717) is 12.2 Å². The minimum Gasteiger partial charge on any atom is -0.329 e. The Kier molecular flexibility index (Phi) is 3.25. The van der Waals surface area contributed by atoms with E-state index in [2.05, 4.69) is 22.5 Å². The van der Waals surface area contributed by atoms with Crippen LogP contribution in [0.1, 0.15) is 6.92 Å². The van der Waals surface area contributed by atoms with Gasteiger partial charge in [0.2, 0.25) is 5.91 Å². The van der Waals surface area contributed by atoms with E-state index < -0.39 is 0 Å². The average Bonchev–Trinajstić information content (AvgIpc) is 2.05. The molecule has 0 spiro atoms. The zero-order valence-electron chi connectivity index (χ0n) is 7.31. The summed E-state index contributed by atoms with van der Waals surface area (Å²) in [6.07, 6.45) is 0. The minimum absolute atomic E-state index is 0.00491. The van der Waals surface area contributed by atoms with Crippen molar-refractivity contribution in [3.63, 3.8) is 0 Å². The van der Waals surface area contributed by atoms with E-state index in [1.807, 2.05) is 0 Å². The van der Waals surface area contributed by atoms with Gasteiger partial charge in [0.1, 0.15) is 0 Å². The molecule has 0 saturated carbocycles. The van der Waals surface area contributed by atoms with Crippen LogP contribution in [0.4, 0.5) is 0 Å². The van der Waals surface area contributed by atoms with Gasteiger partial charge >= 0.3 is 0 Å². The SMILES string of the molecule is C=C(C)NC(=O)C1CNCCN1. The molecular formula is C8H15N3O. The van der Waals surface area contributed by atoms with Gasteiger partial charge in [-0.05, 0) is 6.92 Å².